The number of amides is 4. The SMILES string of the molecule is CCOC(=O)N1CCN(CC(=O)N2CCNC(=O)[C@H]2CC(=O)Nc2ccccc2Cl)CC1. The number of nitrogens with one attached hydrogen (secondary N) is 2. The lowest BCUT2D eigenvalue weighted by Gasteiger charge is -2.38. The van der Waals surface area contributed by atoms with Crippen molar-refractivity contribution in [2.45, 2.75) is 19.4 Å². The van der Waals surface area contributed by atoms with Gasteiger partial charge in [-0.05, 0) is 19.1 Å². The third kappa shape index (κ3) is 6.10. The van der Waals surface area contributed by atoms with E-state index in [1.54, 1.807) is 36.1 Å². The highest BCUT2D eigenvalue weighted by Gasteiger charge is 2.35. The van der Waals surface area contributed by atoms with Crippen LogP contribution in [0.4, 0.5) is 10.5 Å². The molecule has 11 heteroatoms. The Morgan fingerprint density at radius 2 is 1.88 bits per heavy atom. The minimum absolute atomic E-state index is 0.118. The molecule has 0 spiro atoms. The van der Waals surface area contributed by atoms with Crippen LogP contribution >= 0.6 is 11.6 Å². The molecule has 1 atom stereocenters. The molecule has 4 amide bonds. The van der Waals surface area contributed by atoms with Crippen molar-refractivity contribution in [2.24, 2.45) is 0 Å². The van der Waals surface area contributed by atoms with Crippen LogP contribution in [-0.2, 0) is 19.1 Å². The number of carbonyl (C=O) groups excluding carboxylic acids is 4. The van der Waals surface area contributed by atoms with Gasteiger partial charge in [-0.15, -0.1) is 0 Å². The van der Waals surface area contributed by atoms with Crippen molar-refractivity contribution in [3.05, 3.63) is 29.3 Å². The second-order valence-electron chi connectivity index (χ2n) is 7.59. The quantitative estimate of drug-likeness (QED) is 0.642. The van der Waals surface area contributed by atoms with Crippen molar-refractivity contribution >= 4 is 41.1 Å². The number of hydrogen-bond donors (Lipinski definition) is 2. The highest BCUT2D eigenvalue weighted by Crippen LogP contribution is 2.21. The highest BCUT2D eigenvalue weighted by molar-refractivity contribution is 6.33. The molecule has 1 aromatic rings. The summed E-state index contributed by atoms with van der Waals surface area (Å²) in [6, 6.07) is 5.92. The molecule has 0 radical (unpaired) electrons. The number of hydrogen-bond acceptors (Lipinski definition) is 6. The smallest absolute Gasteiger partial charge is 0.409 e. The average molecular weight is 466 g/mol. The molecule has 0 bridgehead atoms. The number of nitrogens with zero attached hydrogens (tertiary/aromatic N) is 3. The van der Waals surface area contributed by atoms with Crippen LogP contribution in [0, 0.1) is 0 Å². The Bertz CT molecular complexity index is 859. The van der Waals surface area contributed by atoms with Crippen molar-refractivity contribution in [1.82, 2.24) is 20.0 Å². The predicted molar refractivity (Wildman–Crippen MR) is 118 cm³/mol. The van der Waals surface area contributed by atoms with Crippen LogP contribution in [0.25, 0.3) is 0 Å². The van der Waals surface area contributed by atoms with Crippen molar-refractivity contribution in [3.8, 4) is 0 Å². The van der Waals surface area contributed by atoms with Gasteiger partial charge in [0.05, 0.1) is 30.3 Å². The van der Waals surface area contributed by atoms with Crippen molar-refractivity contribution in [1.29, 1.82) is 0 Å². The molecule has 2 fully saturated rings. The van der Waals surface area contributed by atoms with Crippen LogP contribution in [0.2, 0.25) is 5.02 Å². The fraction of sp³-hybridized carbons (Fsp3) is 0.524. The Labute approximate surface area is 191 Å². The van der Waals surface area contributed by atoms with Crippen LogP contribution in [0.1, 0.15) is 13.3 Å². The van der Waals surface area contributed by atoms with E-state index in [0.717, 1.165) is 0 Å². The first kappa shape index (κ1) is 23.8. The topological polar surface area (TPSA) is 111 Å². The minimum atomic E-state index is -0.889. The van der Waals surface area contributed by atoms with Gasteiger partial charge in [-0.3, -0.25) is 19.3 Å². The van der Waals surface area contributed by atoms with Gasteiger partial charge >= 0.3 is 6.09 Å². The molecule has 32 heavy (non-hydrogen) atoms. The second-order valence-corrected chi connectivity index (χ2v) is 8.00. The maximum absolute atomic E-state index is 13.0. The van der Waals surface area contributed by atoms with Crippen LogP contribution in [0.15, 0.2) is 24.3 Å². The van der Waals surface area contributed by atoms with Crippen molar-refractivity contribution in [2.75, 3.05) is 57.7 Å². The molecule has 0 saturated carbocycles. The first-order valence-electron chi connectivity index (χ1n) is 10.6. The predicted octanol–water partition coefficient (Wildman–Crippen LogP) is 0.770. The zero-order valence-corrected chi connectivity index (χ0v) is 18.8. The maximum Gasteiger partial charge on any atom is 0.409 e. The van der Waals surface area contributed by atoms with Crippen LogP contribution in [-0.4, -0.2) is 97.0 Å². The first-order valence-corrected chi connectivity index (χ1v) is 11.0. The summed E-state index contributed by atoms with van der Waals surface area (Å²) in [6.45, 7) is 4.86. The van der Waals surface area contributed by atoms with E-state index >= 15 is 0 Å². The van der Waals surface area contributed by atoms with Gasteiger partial charge in [-0.2, -0.15) is 0 Å². The van der Waals surface area contributed by atoms with Gasteiger partial charge in [0.2, 0.25) is 17.7 Å². The largest absolute Gasteiger partial charge is 0.450 e. The molecular weight excluding hydrogens is 438 g/mol. The number of ether oxygens (including phenoxy) is 1. The standard InChI is InChI=1S/C21H28ClN5O5/c1-2-32-21(31)26-11-9-25(10-12-26)14-19(29)27-8-7-23-20(30)17(27)13-18(28)24-16-6-4-3-5-15(16)22/h3-6,17H,2,7-14H2,1H3,(H,23,30)(H,24,28)/t17-/m1/s1. The fourth-order valence-electron chi connectivity index (χ4n) is 3.74. The Balaban J connectivity index is 1.56. The molecule has 2 N–H and O–H groups in total. The van der Waals surface area contributed by atoms with Gasteiger partial charge in [-0.1, -0.05) is 23.7 Å². The lowest BCUT2D eigenvalue weighted by Crippen LogP contribution is -2.60. The normalized spacial score (nSPS) is 19.3. The van der Waals surface area contributed by atoms with E-state index < -0.39 is 11.9 Å². The Hall–Kier alpha value is -2.85. The van der Waals surface area contributed by atoms with Gasteiger partial charge in [0.25, 0.3) is 0 Å². The third-order valence-corrected chi connectivity index (χ3v) is 5.76. The lowest BCUT2D eigenvalue weighted by molar-refractivity contribution is -0.145. The summed E-state index contributed by atoms with van der Waals surface area (Å²) < 4.78 is 5.01. The monoisotopic (exact) mass is 465 g/mol. The summed E-state index contributed by atoms with van der Waals surface area (Å²) in [7, 11) is 0. The van der Waals surface area contributed by atoms with Crippen LogP contribution in [0.5, 0.6) is 0 Å². The summed E-state index contributed by atoms with van der Waals surface area (Å²) in [5.41, 5.74) is 0.452. The zero-order chi connectivity index (χ0) is 23.1. The number of benzene rings is 1. The van der Waals surface area contributed by atoms with Gasteiger partial charge in [0, 0.05) is 39.3 Å². The summed E-state index contributed by atoms with van der Waals surface area (Å²) in [5, 5.41) is 5.81. The first-order chi connectivity index (χ1) is 15.4. The Morgan fingerprint density at radius 1 is 1.16 bits per heavy atom. The number of para-hydroxylation sites is 1. The molecule has 174 valence electrons. The number of rotatable bonds is 6. The molecule has 2 heterocycles. The second kappa shape index (κ2) is 11.1. The molecule has 1 aromatic carbocycles. The molecule has 2 saturated heterocycles. The number of anilines is 1. The van der Waals surface area contributed by atoms with Crippen molar-refractivity contribution in [3.63, 3.8) is 0 Å². The van der Waals surface area contributed by atoms with Crippen molar-refractivity contribution < 1.29 is 23.9 Å². The van der Waals surface area contributed by atoms with Gasteiger partial charge in [0.15, 0.2) is 0 Å². The lowest BCUT2D eigenvalue weighted by atomic mass is 10.1. The minimum Gasteiger partial charge on any atom is -0.450 e. The molecule has 3 rings (SSSR count). The molecule has 10 nitrogen and oxygen atoms in total. The van der Waals surface area contributed by atoms with Gasteiger partial charge in [0.1, 0.15) is 6.04 Å². The Morgan fingerprint density at radius 3 is 2.56 bits per heavy atom. The molecule has 2 aliphatic heterocycles. The van der Waals surface area contributed by atoms with Gasteiger partial charge < -0.3 is 25.2 Å². The maximum atomic E-state index is 13.0. The van der Waals surface area contributed by atoms with E-state index in [4.69, 9.17) is 16.3 Å². The average Bonchev–Trinajstić information content (AvgIpc) is 2.77. The molecule has 2 aliphatic rings. The summed E-state index contributed by atoms with van der Waals surface area (Å²) in [5.74, 6) is -0.980. The molecular formula is C21H28ClN5O5. The number of halogens is 1. The summed E-state index contributed by atoms with van der Waals surface area (Å²) in [6.07, 6.45) is -0.518. The highest BCUT2D eigenvalue weighted by atomic mass is 35.5. The van der Waals surface area contributed by atoms with Gasteiger partial charge in [-0.25, -0.2) is 4.79 Å². The van der Waals surface area contributed by atoms with E-state index in [-0.39, 0.29) is 30.9 Å². The fourth-order valence-corrected chi connectivity index (χ4v) is 3.92. The number of piperazine rings is 2. The Kier molecular flexibility index (Phi) is 8.29. The molecule has 0 aliphatic carbocycles. The van der Waals surface area contributed by atoms with E-state index in [9.17, 15) is 19.2 Å². The molecule has 0 aromatic heterocycles. The van der Waals surface area contributed by atoms with E-state index in [1.807, 2.05) is 4.90 Å². The summed E-state index contributed by atoms with van der Waals surface area (Å²) >= 11 is 6.08. The van der Waals surface area contributed by atoms with E-state index in [0.29, 0.717) is 56.6 Å². The third-order valence-electron chi connectivity index (χ3n) is 5.44. The summed E-state index contributed by atoms with van der Waals surface area (Å²) in [4.78, 5) is 54.8. The van der Waals surface area contributed by atoms with Crippen LogP contribution in [0.3, 0.4) is 0 Å². The van der Waals surface area contributed by atoms with Crippen LogP contribution < -0.4 is 10.6 Å². The van der Waals surface area contributed by atoms with E-state index in [2.05, 4.69) is 10.6 Å². The zero-order valence-electron chi connectivity index (χ0n) is 18.0. The molecule has 0 unspecified atom stereocenters. The number of carbonyl (C=O) groups is 4. The van der Waals surface area contributed by atoms with E-state index in [1.165, 1.54) is 4.90 Å².